The quantitative estimate of drug-likeness (QED) is 0.656. The van der Waals surface area contributed by atoms with Crippen LogP contribution < -0.4 is 0 Å². The summed E-state index contributed by atoms with van der Waals surface area (Å²) in [4.78, 5) is 18.5. The molecule has 3 heterocycles. The van der Waals surface area contributed by atoms with Crippen LogP contribution in [-0.2, 0) is 11.3 Å². The minimum Gasteiger partial charge on any atom is -0.459 e. The zero-order valence-corrected chi connectivity index (χ0v) is 17.9. The molecule has 7 nitrogen and oxygen atoms in total. The Morgan fingerprint density at radius 1 is 1.16 bits per heavy atom. The molecule has 4 rings (SSSR count). The number of carbonyl (C=O) groups is 1. The fraction of sp³-hybridized carbons (Fsp3) is 0.333. The van der Waals surface area contributed by atoms with Crippen LogP contribution in [0.4, 0.5) is 0 Å². The minimum absolute atomic E-state index is 0.119. The van der Waals surface area contributed by atoms with E-state index in [0.717, 1.165) is 11.3 Å². The first kappa shape index (κ1) is 21.2. The monoisotopic (exact) mass is 421 g/mol. The van der Waals surface area contributed by atoms with Crippen LogP contribution in [0, 0.1) is 6.92 Å². The van der Waals surface area contributed by atoms with Gasteiger partial charge in [0.1, 0.15) is 18.1 Å². The van der Waals surface area contributed by atoms with Crippen molar-refractivity contribution < 1.29 is 19.1 Å². The van der Waals surface area contributed by atoms with Gasteiger partial charge in [-0.1, -0.05) is 30.3 Å². The number of hydrogen-bond acceptors (Lipinski definition) is 6. The van der Waals surface area contributed by atoms with Crippen LogP contribution in [-0.4, -0.2) is 58.9 Å². The number of aromatic nitrogens is 1. The molecule has 0 saturated carbocycles. The maximum absolute atomic E-state index is 13.7. The predicted octanol–water partition coefficient (Wildman–Crippen LogP) is 3.52. The van der Waals surface area contributed by atoms with Gasteiger partial charge in [-0.25, -0.2) is 5.01 Å². The highest BCUT2D eigenvalue weighted by Crippen LogP contribution is 2.32. The number of benzene rings is 1. The Kier molecular flexibility index (Phi) is 6.46. The smallest absolute Gasteiger partial charge is 0.270 e. The van der Waals surface area contributed by atoms with Crippen LogP contribution in [0.5, 0.6) is 0 Å². The molecular formula is C24H27N3O4. The van der Waals surface area contributed by atoms with Crippen molar-refractivity contribution in [3.8, 4) is 22.6 Å². The molecule has 0 aliphatic carbocycles. The van der Waals surface area contributed by atoms with E-state index in [4.69, 9.17) is 14.1 Å². The van der Waals surface area contributed by atoms with Gasteiger partial charge in [-0.15, -0.1) is 0 Å². The van der Waals surface area contributed by atoms with Crippen molar-refractivity contribution in [1.82, 2.24) is 15.0 Å². The van der Waals surface area contributed by atoms with Crippen LogP contribution in [0.25, 0.3) is 22.6 Å². The maximum atomic E-state index is 13.7. The van der Waals surface area contributed by atoms with Gasteiger partial charge in [0.15, 0.2) is 0 Å². The Morgan fingerprint density at radius 3 is 2.55 bits per heavy atom. The summed E-state index contributed by atoms with van der Waals surface area (Å²) < 4.78 is 11.3. The Balaban J connectivity index is 1.82. The van der Waals surface area contributed by atoms with Crippen LogP contribution in [0.2, 0.25) is 0 Å². The molecule has 1 aromatic carbocycles. The fourth-order valence-corrected chi connectivity index (χ4v) is 3.90. The SMILES string of the molecule is CCN(C(=O)c1c(-c2ccc(CO)o2)cc(-c2ccccc2)nc1C)N1CCOCC1. The molecule has 0 atom stereocenters. The largest absolute Gasteiger partial charge is 0.459 e. The van der Waals surface area contributed by atoms with Crippen molar-refractivity contribution in [2.45, 2.75) is 20.5 Å². The first-order valence-electron chi connectivity index (χ1n) is 10.5. The maximum Gasteiger partial charge on any atom is 0.270 e. The lowest BCUT2D eigenvalue weighted by molar-refractivity contribution is -0.0675. The van der Waals surface area contributed by atoms with E-state index < -0.39 is 0 Å². The molecule has 162 valence electrons. The molecule has 1 aliphatic heterocycles. The summed E-state index contributed by atoms with van der Waals surface area (Å²) in [5.74, 6) is 0.865. The number of hydrazine groups is 1. The van der Waals surface area contributed by atoms with Gasteiger partial charge < -0.3 is 14.3 Å². The van der Waals surface area contributed by atoms with Gasteiger partial charge in [0.05, 0.1) is 30.2 Å². The lowest BCUT2D eigenvalue weighted by atomic mass is 9.99. The van der Waals surface area contributed by atoms with Crippen LogP contribution in [0.15, 0.2) is 52.9 Å². The topological polar surface area (TPSA) is 79.0 Å². The average Bonchev–Trinajstić information content (AvgIpc) is 3.29. The van der Waals surface area contributed by atoms with Crippen molar-refractivity contribution in [2.24, 2.45) is 0 Å². The van der Waals surface area contributed by atoms with Gasteiger partial charge in [0.2, 0.25) is 0 Å². The van der Waals surface area contributed by atoms with Crippen molar-refractivity contribution in [1.29, 1.82) is 0 Å². The highest BCUT2D eigenvalue weighted by atomic mass is 16.5. The first-order chi connectivity index (χ1) is 15.1. The number of furan rings is 1. The Hall–Kier alpha value is -3.00. The van der Waals surface area contributed by atoms with Crippen molar-refractivity contribution in [2.75, 3.05) is 32.8 Å². The predicted molar refractivity (Wildman–Crippen MR) is 117 cm³/mol. The second-order valence-electron chi connectivity index (χ2n) is 7.39. The molecule has 31 heavy (non-hydrogen) atoms. The third-order valence-electron chi connectivity index (χ3n) is 5.43. The molecular weight excluding hydrogens is 394 g/mol. The van der Waals surface area contributed by atoms with E-state index in [9.17, 15) is 9.90 Å². The van der Waals surface area contributed by atoms with E-state index in [1.807, 2.05) is 55.3 Å². The lowest BCUT2D eigenvalue weighted by Gasteiger charge is -2.37. The lowest BCUT2D eigenvalue weighted by Crippen LogP contribution is -2.51. The number of rotatable bonds is 6. The Labute approximate surface area is 181 Å². The van der Waals surface area contributed by atoms with Crippen LogP contribution in [0.1, 0.15) is 28.7 Å². The van der Waals surface area contributed by atoms with E-state index in [2.05, 4.69) is 0 Å². The third-order valence-corrected chi connectivity index (χ3v) is 5.43. The zero-order valence-electron chi connectivity index (χ0n) is 17.9. The number of amides is 1. The molecule has 1 amide bonds. The molecule has 0 spiro atoms. The summed E-state index contributed by atoms with van der Waals surface area (Å²) in [6, 6.07) is 15.2. The second-order valence-corrected chi connectivity index (χ2v) is 7.39. The van der Waals surface area contributed by atoms with Crippen molar-refractivity contribution in [3.63, 3.8) is 0 Å². The van der Waals surface area contributed by atoms with E-state index in [1.165, 1.54) is 0 Å². The molecule has 1 N–H and O–H groups in total. The number of nitrogens with zero attached hydrogens (tertiary/aromatic N) is 3. The average molecular weight is 421 g/mol. The number of hydrogen-bond donors (Lipinski definition) is 1. The minimum atomic E-state index is -0.201. The molecule has 0 radical (unpaired) electrons. The number of pyridine rings is 1. The standard InChI is InChI=1S/C24H27N3O4/c1-3-27(26-11-13-30-14-12-26)24(29)23-17(2)25-21(18-7-5-4-6-8-18)15-20(23)22-10-9-19(16-28)31-22/h4-10,15,28H,3,11-14,16H2,1-2H3. The summed E-state index contributed by atoms with van der Waals surface area (Å²) in [5, 5.41) is 13.2. The highest BCUT2D eigenvalue weighted by molar-refractivity contribution is 6.01. The number of ether oxygens (including phenoxy) is 1. The normalized spacial score (nSPS) is 14.5. The molecule has 3 aromatic rings. The molecule has 1 saturated heterocycles. The van der Waals surface area contributed by atoms with Gasteiger partial charge in [-0.05, 0) is 32.0 Å². The summed E-state index contributed by atoms with van der Waals surface area (Å²) in [6.45, 7) is 6.68. The number of aryl methyl sites for hydroxylation is 1. The number of carbonyl (C=O) groups excluding carboxylic acids is 1. The van der Waals surface area contributed by atoms with Crippen molar-refractivity contribution in [3.05, 3.63) is 65.5 Å². The van der Waals surface area contributed by atoms with Gasteiger partial charge in [0, 0.05) is 30.8 Å². The highest BCUT2D eigenvalue weighted by Gasteiger charge is 2.28. The van der Waals surface area contributed by atoms with Gasteiger partial charge in [0.25, 0.3) is 5.91 Å². The molecule has 0 unspecified atom stereocenters. The summed E-state index contributed by atoms with van der Waals surface area (Å²) in [6.07, 6.45) is 0. The van der Waals surface area contributed by atoms with Crippen molar-refractivity contribution >= 4 is 5.91 Å². The number of morpholine rings is 1. The summed E-state index contributed by atoms with van der Waals surface area (Å²) in [7, 11) is 0. The molecule has 1 aliphatic rings. The summed E-state index contributed by atoms with van der Waals surface area (Å²) >= 11 is 0. The van der Waals surface area contributed by atoms with Gasteiger partial charge in [-0.2, -0.15) is 0 Å². The fourth-order valence-electron chi connectivity index (χ4n) is 3.90. The van der Waals surface area contributed by atoms with E-state index in [0.29, 0.717) is 61.2 Å². The summed E-state index contributed by atoms with van der Waals surface area (Å²) in [5.41, 5.74) is 3.53. The molecule has 2 aromatic heterocycles. The number of aliphatic hydroxyl groups is 1. The van der Waals surface area contributed by atoms with E-state index in [-0.39, 0.29) is 12.5 Å². The van der Waals surface area contributed by atoms with Crippen LogP contribution >= 0.6 is 0 Å². The molecule has 1 fully saturated rings. The Bertz CT molecular complexity index is 1040. The Morgan fingerprint density at radius 2 is 1.90 bits per heavy atom. The van der Waals surface area contributed by atoms with Crippen LogP contribution in [0.3, 0.4) is 0 Å². The molecule has 7 heteroatoms. The zero-order chi connectivity index (χ0) is 21.8. The van der Waals surface area contributed by atoms with E-state index >= 15 is 0 Å². The second kappa shape index (κ2) is 9.43. The third kappa shape index (κ3) is 4.39. The first-order valence-corrected chi connectivity index (χ1v) is 10.5. The number of aliphatic hydroxyl groups excluding tert-OH is 1. The van der Waals surface area contributed by atoms with Gasteiger partial charge >= 0.3 is 0 Å². The molecule has 0 bridgehead atoms. The van der Waals surface area contributed by atoms with E-state index in [1.54, 1.807) is 17.1 Å². The van der Waals surface area contributed by atoms with Gasteiger partial charge in [-0.3, -0.25) is 14.8 Å².